The summed E-state index contributed by atoms with van der Waals surface area (Å²) in [7, 11) is 0. The number of nitrogens with one attached hydrogen (secondary N) is 1. The molecule has 2 unspecified atom stereocenters. The van der Waals surface area contributed by atoms with Crippen molar-refractivity contribution in [2.24, 2.45) is 11.1 Å². The molecule has 0 aromatic heterocycles. The number of hydrogen-bond acceptors (Lipinski definition) is 5. The molecule has 0 saturated heterocycles. The van der Waals surface area contributed by atoms with E-state index in [4.69, 9.17) is 28.0 Å². The van der Waals surface area contributed by atoms with Crippen LogP contribution in [0.1, 0.15) is 53.2 Å². The average molecular weight is 537 g/mol. The predicted molar refractivity (Wildman–Crippen MR) is 127 cm³/mol. The molecular weight excluding hydrogens is 516 g/mol. The highest BCUT2D eigenvalue weighted by Crippen LogP contribution is 2.50. The molecule has 0 radical (unpaired) electrons. The quantitative estimate of drug-likeness (QED) is 0.525. The lowest BCUT2D eigenvalue weighted by Gasteiger charge is -2.30. The third-order valence-electron chi connectivity index (χ3n) is 7.06. The summed E-state index contributed by atoms with van der Waals surface area (Å²) in [5, 5.41) is 16.3. The summed E-state index contributed by atoms with van der Waals surface area (Å²) in [6, 6.07) is 11.0. The number of nitriles is 1. The molecule has 2 atom stereocenters. The highest BCUT2D eigenvalue weighted by molar-refractivity contribution is 6.34. The Labute approximate surface area is 215 Å². The highest BCUT2D eigenvalue weighted by Gasteiger charge is 2.63. The Balaban J connectivity index is 1.34. The molecule has 1 N–H and O–H groups in total. The van der Waals surface area contributed by atoms with Gasteiger partial charge in [-0.05, 0) is 67.1 Å². The molecule has 1 saturated carbocycles. The lowest BCUT2D eigenvalue weighted by molar-refractivity contribution is -0.275. The molecule has 2 aromatic rings. The zero-order valence-electron chi connectivity index (χ0n) is 19.1. The second-order valence-corrected chi connectivity index (χ2v) is 10.5. The van der Waals surface area contributed by atoms with Gasteiger partial charge in [-0.15, -0.1) is 0 Å². The van der Waals surface area contributed by atoms with Crippen LogP contribution in [0.5, 0.6) is 0 Å². The zero-order valence-corrected chi connectivity index (χ0v) is 20.6. The van der Waals surface area contributed by atoms with Crippen LogP contribution in [0.25, 0.3) is 0 Å². The van der Waals surface area contributed by atoms with E-state index in [0.717, 1.165) is 24.0 Å². The Hall–Kier alpha value is -2.96. The summed E-state index contributed by atoms with van der Waals surface area (Å²) in [5.41, 5.74) is -1.80. The van der Waals surface area contributed by atoms with Gasteiger partial charge in [0.2, 0.25) is 0 Å². The second-order valence-electron chi connectivity index (χ2n) is 9.64. The van der Waals surface area contributed by atoms with E-state index in [0.29, 0.717) is 12.1 Å². The third kappa shape index (κ3) is 4.27. The van der Waals surface area contributed by atoms with E-state index in [2.05, 4.69) is 16.5 Å². The Kier molecular flexibility index (Phi) is 5.88. The number of nitrogens with zero attached hydrogens (tertiary/aromatic N) is 3. The van der Waals surface area contributed by atoms with Crippen LogP contribution in [0, 0.1) is 17.2 Å². The van der Waals surface area contributed by atoms with E-state index in [1.165, 1.54) is 18.2 Å². The van der Waals surface area contributed by atoms with Crippen LogP contribution in [0.15, 0.2) is 41.6 Å². The molecular formula is C25H21Cl2F3N4O2. The van der Waals surface area contributed by atoms with Crippen molar-refractivity contribution in [3.63, 3.8) is 0 Å². The number of halogens is 5. The van der Waals surface area contributed by atoms with Crippen LogP contribution in [0.2, 0.25) is 10.0 Å². The van der Waals surface area contributed by atoms with Gasteiger partial charge in [-0.2, -0.15) is 18.4 Å². The summed E-state index contributed by atoms with van der Waals surface area (Å²) in [5.74, 6) is -0.0842. The largest absolute Gasteiger partial charge is 0.435 e. The molecule has 0 spiro atoms. The van der Waals surface area contributed by atoms with Gasteiger partial charge in [-0.1, -0.05) is 34.4 Å². The summed E-state index contributed by atoms with van der Waals surface area (Å²) in [6.45, 7) is 2.30. The maximum atomic E-state index is 14.3. The van der Waals surface area contributed by atoms with Gasteiger partial charge in [0, 0.05) is 34.3 Å². The van der Waals surface area contributed by atoms with Crippen molar-refractivity contribution in [2.45, 2.75) is 56.6 Å². The minimum atomic E-state index is -4.78. The van der Waals surface area contributed by atoms with Crippen LogP contribution in [-0.4, -0.2) is 28.4 Å². The zero-order chi connectivity index (χ0) is 25.9. The lowest BCUT2D eigenvalue weighted by atomic mass is 9.89. The number of amides is 1. The summed E-state index contributed by atoms with van der Waals surface area (Å²) in [6.07, 6.45) is -3.53. The fraction of sp³-hybridized carbons (Fsp3) is 0.400. The number of carbonyl (C=O) groups excluding carboxylic acids is 1. The first-order valence-electron chi connectivity index (χ1n) is 11.3. The molecule has 1 fully saturated rings. The maximum absolute atomic E-state index is 14.3. The smallest absolute Gasteiger partial charge is 0.372 e. The molecule has 11 heteroatoms. The van der Waals surface area contributed by atoms with Gasteiger partial charge >= 0.3 is 6.18 Å². The van der Waals surface area contributed by atoms with E-state index < -0.39 is 23.7 Å². The molecule has 36 heavy (non-hydrogen) atoms. The monoisotopic (exact) mass is 536 g/mol. The van der Waals surface area contributed by atoms with Crippen LogP contribution in [0.4, 0.5) is 13.2 Å². The second kappa shape index (κ2) is 8.56. The van der Waals surface area contributed by atoms with Crippen molar-refractivity contribution in [3.05, 3.63) is 68.7 Å². The molecule has 1 aliphatic carbocycles. The van der Waals surface area contributed by atoms with Crippen LogP contribution >= 0.6 is 23.2 Å². The molecule has 1 amide bonds. The molecule has 3 aliphatic rings. The van der Waals surface area contributed by atoms with Crippen molar-refractivity contribution in [3.8, 4) is 6.07 Å². The Morgan fingerprint density at radius 1 is 1.17 bits per heavy atom. The first-order valence-corrected chi connectivity index (χ1v) is 12.1. The lowest BCUT2D eigenvalue weighted by Crippen LogP contribution is -2.46. The van der Waals surface area contributed by atoms with Gasteiger partial charge in [0.25, 0.3) is 11.5 Å². The molecule has 0 bridgehead atoms. The first-order chi connectivity index (χ1) is 16.9. The summed E-state index contributed by atoms with van der Waals surface area (Å²) < 4.78 is 42.9. The molecule has 2 aliphatic heterocycles. The van der Waals surface area contributed by atoms with Crippen LogP contribution in [-0.2, 0) is 23.5 Å². The van der Waals surface area contributed by atoms with Crippen molar-refractivity contribution in [2.75, 3.05) is 0 Å². The van der Waals surface area contributed by atoms with Crippen LogP contribution in [0.3, 0.4) is 0 Å². The van der Waals surface area contributed by atoms with Gasteiger partial charge < -0.3 is 15.1 Å². The first kappa shape index (κ1) is 24.7. The molecule has 6 nitrogen and oxygen atoms in total. The van der Waals surface area contributed by atoms with Crippen molar-refractivity contribution in [1.82, 2.24) is 10.2 Å². The molecule has 2 aromatic carbocycles. The Bertz CT molecular complexity index is 1300. The van der Waals surface area contributed by atoms with E-state index in [-0.39, 0.29) is 39.8 Å². The number of hydrogen-bond donors (Lipinski definition) is 1. The maximum Gasteiger partial charge on any atom is 0.435 e. The molecule has 188 valence electrons. The number of fused-ring (bicyclic) bond motifs is 1. The number of rotatable bonds is 4. The molecule has 5 rings (SSSR count). The standard InChI is InChI=1S/C25H21Cl2F3N4O2/c1-23(13-31,17-4-5-17)32-22(35)14-2-3-15-11-34(12-16(15)6-14)21-10-24(36-33-21,25(28,29)30)18-7-19(26)9-20(27)8-18/h2-3,6-9,17H,4-5,10-12H2,1H3,(H,32,35). The van der Waals surface area contributed by atoms with Gasteiger partial charge in [0.15, 0.2) is 0 Å². The average Bonchev–Trinajstić information content (AvgIpc) is 3.42. The van der Waals surface area contributed by atoms with Gasteiger partial charge in [0.05, 0.1) is 12.5 Å². The summed E-state index contributed by atoms with van der Waals surface area (Å²) in [4.78, 5) is 19.6. The third-order valence-corrected chi connectivity index (χ3v) is 7.49. The normalized spacial score (nSPS) is 22.8. The highest BCUT2D eigenvalue weighted by atomic mass is 35.5. The number of amidine groups is 1. The van der Waals surface area contributed by atoms with E-state index in [1.54, 1.807) is 30.0 Å². The van der Waals surface area contributed by atoms with Gasteiger partial charge in [0.1, 0.15) is 11.4 Å². The summed E-state index contributed by atoms with van der Waals surface area (Å²) >= 11 is 11.9. The molecule has 2 heterocycles. The van der Waals surface area contributed by atoms with E-state index in [9.17, 15) is 23.2 Å². The van der Waals surface area contributed by atoms with Gasteiger partial charge in [-0.3, -0.25) is 4.79 Å². The topological polar surface area (TPSA) is 77.7 Å². The minimum Gasteiger partial charge on any atom is -0.372 e. The number of benzene rings is 2. The van der Waals surface area contributed by atoms with E-state index >= 15 is 0 Å². The number of carbonyl (C=O) groups is 1. The number of oxime groups is 1. The minimum absolute atomic E-state index is 0.0618. The van der Waals surface area contributed by atoms with Crippen molar-refractivity contribution in [1.29, 1.82) is 5.26 Å². The SMILES string of the molecule is CC(C#N)(NC(=O)c1ccc2c(c1)CN(C1=NOC(c3cc(Cl)cc(Cl)c3)(C(F)(F)F)C1)C2)C1CC1. The van der Waals surface area contributed by atoms with E-state index in [1.807, 2.05) is 0 Å². The number of alkyl halides is 3. The Morgan fingerprint density at radius 3 is 2.44 bits per heavy atom. The predicted octanol–water partition coefficient (Wildman–Crippen LogP) is 5.92. The van der Waals surface area contributed by atoms with Crippen LogP contribution < -0.4 is 5.32 Å². The van der Waals surface area contributed by atoms with Crippen molar-refractivity contribution >= 4 is 34.9 Å². The Morgan fingerprint density at radius 2 is 1.83 bits per heavy atom. The fourth-order valence-corrected chi connectivity index (χ4v) is 5.28. The van der Waals surface area contributed by atoms with Crippen molar-refractivity contribution < 1.29 is 22.8 Å². The van der Waals surface area contributed by atoms with Gasteiger partial charge in [-0.25, -0.2) is 0 Å². The fourth-order valence-electron chi connectivity index (χ4n) is 4.75.